The second-order valence-electron chi connectivity index (χ2n) is 4.56. The van der Waals surface area contributed by atoms with E-state index in [1.54, 1.807) is 6.92 Å². The molecule has 0 heterocycles. The Labute approximate surface area is 133 Å². The third-order valence-electron chi connectivity index (χ3n) is 3.36. The Morgan fingerprint density at radius 3 is 1.94 bits per heavy atom. The number of rotatable bonds is 8. The summed E-state index contributed by atoms with van der Waals surface area (Å²) in [4.78, 5) is 22.0. The van der Waals surface area contributed by atoms with Gasteiger partial charge in [0, 0.05) is 0 Å². The minimum atomic E-state index is -1.66. The molecule has 0 fully saturated rings. The van der Waals surface area contributed by atoms with Crippen molar-refractivity contribution in [3.63, 3.8) is 0 Å². The molecule has 17 heavy (non-hydrogen) atoms. The van der Waals surface area contributed by atoms with Gasteiger partial charge in [0.1, 0.15) is 0 Å². The number of carboxylic acids is 2. The van der Waals surface area contributed by atoms with Crippen molar-refractivity contribution in [3.8, 4) is 0 Å². The van der Waals surface area contributed by atoms with E-state index in [1.807, 2.05) is 0 Å². The van der Waals surface area contributed by atoms with E-state index < -0.39 is 17.4 Å². The van der Waals surface area contributed by atoms with E-state index in [0.29, 0.717) is 6.42 Å². The van der Waals surface area contributed by atoms with Crippen molar-refractivity contribution in [2.75, 3.05) is 0 Å². The third kappa shape index (κ3) is 5.58. The molecule has 4 nitrogen and oxygen atoms in total. The first-order valence-electron chi connectivity index (χ1n) is 5.84. The van der Waals surface area contributed by atoms with Gasteiger partial charge in [0.05, 0.1) is 0 Å². The van der Waals surface area contributed by atoms with Gasteiger partial charge in [-0.05, 0) is 19.3 Å². The van der Waals surface area contributed by atoms with Gasteiger partial charge in [-0.25, -0.2) is 0 Å². The van der Waals surface area contributed by atoms with Crippen molar-refractivity contribution in [1.82, 2.24) is 0 Å². The average molecular weight is 272 g/mol. The second kappa shape index (κ2) is 9.17. The van der Waals surface area contributed by atoms with Gasteiger partial charge < -0.3 is 10.2 Å². The van der Waals surface area contributed by atoms with E-state index in [-0.39, 0.29) is 43.7 Å². The molecule has 0 saturated heterocycles. The normalized spacial score (nSPS) is 12.6. The first-order valence-corrected chi connectivity index (χ1v) is 5.84. The van der Waals surface area contributed by atoms with Crippen LogP contribution in [-0.4, -0.2) is 59.9 Å². The van der Waals surface area contributed by atoms with Crippen LogP contribution >= 0.6 is 0 Å². The Balaban J connectivity index is 0. The number of aliphatic carboxylic acids is 2. The van der Waals surface area contributed by atoms with E-state index in [1.165, 1.54) is 6.92 Å². The maximum atomic E-state index is 11.0. The molecule has 0 aromatic heterocycles. The van der Waals surface area contributed by atoms with Gasteiger partial charge in [-0.15, -0.1) is 0 Å². The molecule has 98 valence electrons. The molecule has 0 radical (unpaired) electrons. The van der Waals surface area contributed by atoms with Gasteiger partial charge >= 0.3 is 49.7 Å². The number of hydrogen-bond donors (Lipinski definition) is 2. The first-order chi connectivity index (χ1) is 7.37. The van der Waals surface area contributed by atoms with Crippen molar-refractivity contribution in [2.24, 2.45) is 11.3 Å². The van der Waals surface area contributed by atoms with Crippen LogP contribution in [0, 0.1) is 11.3 Å². The van der Waals surface area contributed by atoms with E-state index >= 15 is 0 Å². The summed E-state index contributed by atoms with van der Waals surface area (Å²) >= 11 is 0. The zero-order valence-electron chi connectivity index (χ0n) is 10.3. The van der Waals surface area contributed by atoms with Crippen LogP contribution in [0.1, 0.15) is 52.9 Å². The fourth-order valence-corrected chi connectivity index (χ4v) is 1.68. The second-order valence-corrected chi connectivity index (χ2v) is 4.56. The summed E-state index contributed by atoms with van der Waals surface area (Å²) in [6, 6.07) is 0. The summed E-state index contributed by atoms with van der Waals surface area (Å²) in [5.41, 5.74) is -1.66. The molecule has 0 aliphatic carbocycles. The number of carbonyl (C=O) groups is 2. The molecule has 0 aromatic rings. The summed E-state index contributed by atoms with van der Waals surface area (Å²) in [6.07, 6.45) is 4.81. The Morgan fingerprint density at radius 2 is 1.59 bits per heavy atom. The van der Waals surface area contributed by atoms with Gasteiger partial charge in [-0.3, -0.25) is 9.59 Å². The first kappa shape index (κ1) is 19.5. The molecule has 2 N–H and O–H groups in total. The zero-order chi connectivity index (χ0) is 12.8. The van der Waals surface area contributed by atoms with E-state index in [0.717, 1.165) is 25.7 Å². The quantitative estimate of drug-likeness (QED) is 0.402. The zero-order valence-corrected chi connectivity index (χ0v) is 10.3. The van der Waals surface area contributed by atoms with Crippen molar-refractivity contribution < 1.29 is 19.8 Å². The van der Waals surface area contributed by atoms with E-state index in [2.05, 4.69) is 6.92 Å². The van der Waals surface area contributed by atoms with Gasteiger partial charge in [-0.2, -0.15) is 0 Å². The number of hydrogen-bond acceptors (Lipinski definition) is 2. The summed E-state index contributed by atoms with van der Waals surface area (Å²) in [6.45, 7) is 5.10. The van der Waals surface area contributed by atoms with Gasteiger partial charge in [0.25, 0.3) is 0 Å². The molecule has 0 spiro atoms. The molecule has 1 atom stereocenters. The predicted molar refractivity (Wildman–Crippen MR) is 69.8 cm³/mol. The summed E-state index contributed by atoms with van der Waals surface area (Å²) in [5.74, 6) is -2.84. The molecule has 0 aromatic carbocycles. The Bertz CT molecular complexity index is 239. The van der Waals surface area contributed by atoms with Crippen LogP contribution < -0.4 is 0 Å². The van der Waals surface area contributed by atoms with Crippen LogP contribution in [0.4, 0.5) is 0 Å². The summed E-state index contributed by atoms with van der Waals surface area (Å²) in [5, 5.41) is 18.0. The van der Waals surface area contributed by atoms with Crippen molar-refractivity contribution in [2.45, 2.75) is 52.9 Å². The van der Waals surface area contributed by atoms with Gasteiger partial charge in [-0.1, -0.05) is 39.5 Å². The van der Waals surface area contributed by atoms with Crippen LogP contribution in [0.2, 0.25) is 0 Å². The van der Waals surface area contributed by atoms with Crippen molar-refractivity contribution in [3.05, 3.63) is 0 Å². The fraction of sp³-hybridized carbons (Fsp3) is 0.833. The maximum absolute atomic E-state index is 11.0. The summed E-state index contributed by atoms with van der Waals surface area (Å²) < 4.78 is 0. The SMILES string of the molecule is CCCCCCC(C)C(C)(C(=O)O)C(=O)O.[CaH2]. The molecule has 0 aliphatic rings. The predicted octanol–water partition coefficient (Wildman–Crippen LogP) is 1.85. The Hall–Kier alpha value is 0.200. The topological polar surface area (TPSA) is 74.6 Å². The van der Waals surface area contributed by atoms with Crippen molar-refractivity contribution in [1.29, 1.82) is 0 Å². The standard InChI is InChI=1S/C12H22O4.Ca.2H/c1-4-5-6-7-8-9(2)12(3,10(13)14)11(15)16;;;/h9H,4-8H2,1-3H3,(H,13,14)(H,15,16);;;. The fourth-order valence-electron chi connectivity index (χ4n) is 1.68. The van der Waals surface area contributed by atoms with Crippen LogP contribution in [-0.2, 0) is 9.59 Å². The van der Waals surface area contributed by atoms with E-state index in [9.17, 15) is 9.59 Å². The molecule has 0 amide bonds. The molecular formula is C12H24CaO4. The van der Waals surface area contributed by atoms with E-state index in [4.69, 9.17) is 10.2 Å². The number of unbranched alkanes of at least 4 members (excludes halogenated alkanes) is 3. The molecular weight excluding hydrogens is 248 g/mol. The van der Waals surface area contributed by atoms with Crippen LogP contribution in [0.5, 0.6) is 0 Å². The molecule has 0 aliphatic heterocycles. The van der Waals surface area contributed by atoms with Crippen LogP contribution in [0.15, 0.2) is 0 Å². The third-order valence-corrected chi connectivity index (χ3v) is 3.36. The molecule has 5 heteroatoms. The monoisotopic (exact) mass is 272 g/mol. The van der Waals surface area contributed by atoms with Gasteiger partial charge in [0.15, 0.2) is 5.41 Å². The molecule has 1 unspecified atom stereocenters. The Morgan fingerprint density at radius 1 is 1.12 bits per heavy atom. The summed E-state index contributed by atoms with van der Waals surface area (Å²) in [7, 11) is 0. The van der Waals surface area contributed by atoms with Crippen LogP contribution in [0.25, 0.3) is 0 Å². The average Bonchev–Trinajstić information content (AvgIpc) is 2.22. The van der Waals surface area contributed by atoms with Crippen molar-refractivity contribution >= 4 is 49.7 Å². The molecule has 0 rings (SSSR count). The Kier molecular flexibility index (Phi) is 10.5. The minimum absolute atomic E-state index is 0. The number of carboxylic acid groups (broad SMARTS) is 2. The molecule has 0 bridgehead atoms. The van der Waals surface area contributed by atoms with Crippen LogP contribution in [0.3, 0.4) is 0 Å². The van der Waals surface area contributed by atoms with Gasteiger partial charge in [0.2, 0.25) is 0 Å². The molecule has 0 saturated carbocycles.